The van der Waals surface area contributed by atoms with Crippen LogP contribution in [0.4, 0.5) is 5.69 Å². The third-order valence-corrected chi connectivity index (χ3v) is 12.7. The molecule has 1 fully saturated rings. The second-order valence-corrected chi connectivity index (χ2v) is 15.2. The number of nitrogens with zero attached hydrogens (tertiary/aromatic N) is 1. The van der Waals surface area contributed by atoms with Gasteiger partial charge in [-0.2, -0.15) is 0 Å². The highest BCUT2D eigenvalue weighted by molar-refractivity contribution is 5.79. The number of allylic oxidation sites excluding steroid dienone is 9. The molecule has 3 heterocycles. The molecule has 0 radical (unpaired) electrons. The minimum absolute atomic E-state index is 0.0136. The number of benzene rings is 4. The maximum absolute atomic E-state index is 7.33. The fourth-order valence-electron chi connectivity index (χ4n) is 10.7. The molecule has 11 rings (SSSR count). The average molecular weight is 676 g/mol. The molecule has 7 unspecified atom stereocenters. The maximum atomic E-state index is 7.33. The van der Waals surface area contributed by atoms with Gasteiger partial charge >= 0.3 is 0 Å². The number of ether oxygens (including phenoxy) is 2. The lowest BCUT2D eigenvalue weighted by Crippen LogP contribution is -2.55. The summed E-state index contributed by atoms with van der Waals surface area (Å²) in [5.41, 5.74) is 11.5. The van der Waals surface area contributed by atoms with Gasteiger partial charge in [-0.3, -0.25) is 0 Å². The van der Waals surface area contributed by atoms with E-state index in [4.69, 9.17) is 9.47 Å². The largest absolute Gasteiger partial charge is 0.457 e. The molecule has 254 valence electrons. The smallest absolute Gasteiger partial charge is 0.132 e. The van der Waals surface area contributed by atoms with Gasteiger partial charge in [0.1, 0.15) is 11.5 Å². The monoisotopic (exact) mass is 675 g/mol. The predicted molar refractivity (Wildman–Crippen MR) is 210 cm³/mol. The van der Waals surface area contributed by atoms with E-state index < -0.39 is 5.41 Å². The molecule has 7 aliphatic rings. The summed E-state index contributed by atoms with van der Waals surface area (Å²) < 4.78 is 14.2. The Kier molecular flexibility index (Phi) is 6.89. The summed E-state index contributed by atoms with van der Waals surface area (Å²) in [7, 11) is 0. The van der Waals surface area contributed by atoms with E-state index in [1.807, 2.05) is 0 Å². The van der Waals surface area contributed by atoms with Crippen molar-refractivity contribution < 1.29 is 9.47 Å². The molecule has 3 aliphatic heterocycles. The lowest BCUT2D eigenvalue weighted by atomic mass is 9.53. The van der Waals surface area contributed by atoms with Crippen LogP contribution in [0.3, 0.4) is 0 Å². The molecule has 4 aromatic carbocycles. The van der Waals surface area contributed by atoms with E-state index in [0.29, 0.717) is 12.0 Å². The predicted octanol–water partition coefficient (Wildman–Crippen LogP) is 11.4. The van der Waals surface area contributed by atoms with E-state index in [2.05, 4.69) is 169 Å². The van der Waals surface area contributed by atoms with Gasteiger partial charge in [0.15, 0.2) is 0 Å². The molecule has 1 saturated heterocycles. The fourth-order valence-corrected chi connectivity index (χ4v) is 10.7. The molecule has 52 heavy (non-hydrogen) atoms. The highest BCUT2D eigenvalue weighted by Gasteiger charge is 2.59. The number of para-hydroxylation sites is 1. The van der Waals surface area contributed by atoms with Gasteiger partial charge in [0, 0.05) is 40.3 Å². The van der Waals surface area contributed by atoms with E-state index >= 15 is 0 Å². The normalized spacial score (nSPS) is 30.0. The van der Waals surface area contributed by atoms with Gasteiger partial charge in [-0.05, 0) is 77.8 Å². The van der Waals surface area contributed by atoms with E-state index in [9.17, 15) is 0 Å². The lowest BCUT2D eigenvalue weighted by molar-refractivity contribution is -0.0710. The molecule has 0 bridgehead atoms. The summed E-state index contributed by atoms with van der Waals surface area (Å²) in [6.45, 7) is 0. The zero-order valence-electron chi connectivity index (χ0n) is 29.1. The van der Waals surface area contributed by atoms with E-state index in [0.717, 1.165) is 37.2 Å². The Bertz CT molecular complexity index is 2320. The molecule has 3 nitrogen and oxygen atoms in total. The number of fused-ring (bicyclic) bond motifs is 11. The van der Waals surface area contributed by atoms with Crippen LogP contribution in [0, 0.1) is 5.92 Å². The number of rotatable bonds is 3. The second-order valence-electron chi connectivity index (χ2n) is 15.2. The Hall–Kier alpha value is -5.38. The average Bonchev–Trinajstić information content (AvgIpc) is 3.56. The summed E-state index contributed by atoms with van der Waals surface area (Å²) in [6, 6.07) is 33.6. The molecule has 0 amide bonds. The van der Waals surface area contributed by atoms with Crippen molar-refractivity contribution in [1.29, 1.82) is 0 Å². The maximum Gasteiger partial charge on any atom is 0.132 e. The first-order valence-electron chi connectivity index (χ1n) is 19.1. The van der Waals surface area contributed by atoms with Gasteiger partial charge in [0.05, 0.1) is 23.7 Å². The van der Waals surface area contributed by atoms with Gasteiger partial charge in [-0.15, -0.1) is 0 Å². The summed E-state index contributed by atoms with van der Waals surface area (Å²) in [6.07, 6.45) is 32.1. The molecule has 7 atom stereocenters. The van der Waals surface area contributed by atoms with Crippen LogP contribution in [-0.2, 0) is 10.2 Å². The first-order chi connectivity index (χ1) is 25.8. The van der Waals surface area contributed by atoms with Crippen LogP contribution in [0.2, 0.25) is 0 Å². The van der Waals surface area contributed by atoms with Crippen molar-refractivity contribution in [2.24, 2.45) is 5.92 Å². The van der Waals surface area contributed by atoms with Crippen molar-refractivity contribution in [3.05, 3.63) is 197 Å². The molecule has 4 aliphatic carbocycles. The fraction of sp³-hybridized carbons (Fsp3) is 0.224. The van der Waals surface area contributed by atoms with Crippen LogP contribution in [0.1, 0.15) is 59.8 Å². The number of hydrogen-bond acceptors (Lipinski definition) is 3. The zero-order valence-corrected chi connectivity index (χ0v) is 29.1. The van der Waals surface area contributed by atoms with Gasteiger partial charge in [-0.25, -0.2) is 0 Å². The van der Waals surface area contributed by atoms with Crippen LogP contribution < -0.4 is 9.64 Å². The van der Waals surface area contributed by atoms with Crippen molar-refractivity contribution in [1.82, 2.24) is 0 Å². The van der Waals surface area contributed by atoms with Crippen LogP contribution in [0.15, 0.2) is 175 Å². The van der Waals surface area contributed by atoms with Crippen molar-refractivity contribution in [3.8, 4) is 22.6 Å². The summed E-state index contributed by atoms with van der Waals surface area (Å²) >= 11 is 0. The SMILES string of the molecule is C1=CCCC(N2c3cccc(C4C=CC5C(C4)OC4CC=CC=C4C54c5ccccc5Oc5cccc(-c6ccccc6)c54)c3C3C=CC=CC32)=C1. The quantitative estimate of drug-likeness (QED) is 0.202. The molecular weight excluding hydrogens is 635 g/mol. The Morgan fingerprint density at radius 1 is 0.712 bits per heavy atom. The third kappa shape index (κ3) is 4.29. The third-order valence-electron chi connectivity index (χ3n) is 12.7. The summed E-state index contributed by atoms with van der Waals surface area (Å²) in [5.74, 6) is 2.55. The van der Waals surface area contributed by atoms with E-state index in [-0.39, 0.29) is 24.0 Å². The van der Waals surface area contributed by atoms with Crippen molar-refractivity contribution in [2.45, 2.75) is 61.2 Å². The Balaban J connectivity index is 1.10. The molecule has 0 saturated carbocycles. The molecule has 1 spiro atoms. The number of anilines is 1. The van der Waals surface area contributed by atoms with E-state index in [1.165, 1.54) is 50.3 Å². The highest BCUT2D eigenvalue weighted by Crippen LogP contribution is 2.64. The molecule has 3 heteroatoms. The van der Waals surface area contributed by atoms with Gasteiger partial charge in [0.2, 0.25) is 0 Å². The topological polar surface area (TPSA) is 21.7 Å². The first kappa shape index (κ1) is 30.3. The molecular formula is C49H41NO2. The van der Waals surface area contributed by atoms with Gasteiger partial charge in [0.25, 0.3) is 0 Å². The van der Waals surface area contributed by atoms with Crippen molar-refractivity contribution in [3.63, 3.8) is 0 Å². The van der Waals surface area contributed by atoms with Crippen molar-refractivity contribution >= 4 is 5.69 Å². The van der Waals surface area contributed by atoms with Crippen molar-refractivity contribution in [2.75, 3.05) is 4.90 Å². The van der Waals surface area contributed by atoms with Crippen LogP contribution in [0.25, 0.3) is 11.1 Å². The molecule has 0 aromatic heterocycles. The lowest BCUT2D eigenvalue weighted by Gasteiger charge is -2.56. The van der Waals surface area contributed by atoms with Gasteiger partial charge < -0.3 is 14.4 Å². The Morgan fingerprint density at radius 2 is 1.56 bits per heavy atom. The summed E-state index contributed by atoms with van der Waals surface area (Å²) in [4.78, 5) is 2.63. The van der Waals surface area contributed by atoms with Crippen LogP contribution in [0.5, 0.6) is 11.5 Å². The molecule has 4 aromatic rings. The minimum atomic E-state index is -0.450. The minimum Gasteiger partial charge on any atom is -0.457 e. The highest BCUT2D eigenvalue weighted by atomic mass is 16.5. The first-order valence-corrected chi connectivity index (χ1v) is 19.1. The standard InChI is InChI=1S/C49H41NO2/c1-3-15-32(16-4-1)36-21-14-28-45-48(36)49(38-22-8-11-26-43(38)51-45)39-23-9-12-27-44(39)52-46-31-33(29-30-40(46)49)35-20-13-25-42-47(35)37-19-7-10-24-41(37)50(42)34-17-5-2-6-18-34/h1-5,7-17,19-26,28-30,33,37,40-41,44,46H,6,18,27,31H2. The van der Waals surface area contributed by atoms with E-state index in [1.54, 1.807) is 0 Å². The summed E-state index contributed by atoms with van der Waals surface area (Å²) in [5, 5.41) is 0. The van der Waals surface area contributed by atoms with Gasteiger partial charge in [-0.1, -0.05) is 140 Å². The Labute approximate surface area is 306 Å². The Morgan fingerprint density at radius 3 is 2.48 bits per heavy atom. The van der Waals surface area contributed by atoms with Crippen LogP contribution in [-0.4, -0.2) is 18.2 Å². The van der Waals surface area contributed by atoms with Crippen LogP contribution >= 0.6 is 0 Å². The second kappa shape index (κ2) is 11.8. The zero-order chi connectivity index (χ0) is 34.2. The number of hydrogen-bond donors (Lipinski definition) is 0. The molecule has 0 N–H and O–H groups in total.